The topological polar surface area (TPSA) is 69.0 Å². The van der Waals surface area contributed by atoms with E-state index in [1.54, 1.807) is 16.0 Å². The number of ether oxygens (including phenoxy) is 1. The zero-order valence-electron chi connectivity index (χ0n) is 12.9. The van der Waals surface area contributed by atoms with E-state index in [1.807, 2.05) is 48.0 Å². The molecule has 7 heteroatoms. The molecule has 3 aromatic rings. The van der Waals surface area contributed by atoms with E-state index in [2.05, 4.69) is 15.6 Å². The van der Waals surface area contributed by atoms with Crippen LogP contribution in [-0.2, 0) is 17.8 Å². The van der Waals surface area contributed by atoms with E-state index in [-0.39, 0.29) is 5.91 Å². The maximum Gasteiger partial charge on any atom is 0.261 e. The van der Waals surface area contributed by atoms with Crippen LogP contribution >= 0.6 is 11.3 Å². The summed E-state index contributed by atoms with van der Waals surface area (Å²) < 4.78 is 7.50. The molecule has 0 saturated carbocycles. The Bertz CT molecular complexity index is 844. The molecule has 3 heterocycles. The minimum atomic E-state index is -0.452. The maximum absolute atomic E-state index is 12.3. The Labute approximate surface area is 143 Å². The van der Waals surface area contributed by atoms with Crippen molar-refractivity contribution < 1.29 is 9.53 Å². The molecule has 0 saturated heterocycles. The predicted molar refractivity (Wildman–Crippen MR) is 90.3 cm³/mol. The fourth-order valence-electron chi connectivity index (χ4n) is 2.69. The van der Waals surface area contributed by atoms with Crippen LogP contribution in [0.2, 0.25) is 0 Å². The summed E-state index contributed by atoms with van der Waals surface area (Å²) in [7, 11) is 0. The van der Waals surface area contributed by atoms with Crippen LogP contribution in [0.15, 0.2) is 48.0 Å². The van der Waals surface area contributed by atoms with E-state index in [0.29, 0.717) is 18.7 Å². The van der Waals surface area contributed by atoms with Gasteiger partial charge >= 0.3 is 0 Å². The lowest BCUT2D eigenvalue weighted by Crippen LogP contribution is -2.40. The third-order valence-corrected chi connectivity index (χ3v) is 4.78. The highest BCUT2D eigenvalue weighted by Gasteiger charge is 2.25. The van der Waals surface area contributed by atoms with E-state index >= 15 is 0 Å². The van der Waals surface area contributed by atoms with Crippen LogP contribution in [0.1, 0.15) is 17.7 Å². The summed E-state index contributed by atoms with van der Waals surface area (Å²) in [5.74, 6) is 0.683. The summed E-state index contributed by atoms with van der Waals surface area (Å²) in [4.78, 5) is 12.3. The number of carbonyl (C=O) groups excluding carboxylic acids is 1. The Morgan fingerprint density at radius 2 is 2.25 bits per heavy atom. The Hall–Kier alpha value is -2.67. The van der Waals surface area contributed by atoms with Gasteiger partial charge in [-0.1, -0.05) is 23.4 Å². The van der Waals surface area contributed by atoms with Gasteiger partial charge in [-0.05, 0) is 42.0 Å². The standard InChI is InChI=1S/C17H16N4O2S/c22-17(15-8-7-12-4-1-2-5-14(12)23-15)18-10-13-11-21(20-19-13)16-6-3-9-24-16/h1-6,9,11,15H,7-8,10H2,(H,18,22)/t15-/m0/s1. The molecular formula is C17H16N4O2S. The largest absolute Gasteiger partial charge is 0.480 e. The second kappa shape index (κ2) is 6.45. The second-order valence-corrected chi connectivity index (χ2v) is 6.50. The number of aromatic nitrogens is 3. The first-order valence-corrected chi connectivity index (χ1v) is 8.65. The molecule has 0 radical (unpaired) electrons. The van der Waals surface area contributed by atoms with Gasteiger partial charge in [-0.3, -0.25) is 4.79 Å². The molecule has 1 amide bonds. The second-order valence-electron chi connectivity index (χ2n) is 5.58. The zero-order chi connectivity index (χ0) is 16.4. The van der Waals surface area contributed by atoms with E-state index < -0.39 is 6.10 Å². The molecule has 0 bridgehead atoms. The van der Waals surface area contributed by atoms with Crippen molar-refractivity contribution in [2.24, 2.45) is 0 Å². The average Bonchev–Trinajstić information content (AvgIpc) is 3.30. The number of carbonyl (C=O) groups is 1. The number of nitrogens with one attached hydrogen (secondary N) is 1. The third-order valence-electron chi connectivity index (χ3n) is 3.93. The lowest BCUT2D eigenvalue weighted by molar-refractivity contribution is -0.128. The fraction of sp³-hybridized carbons (Fsp3) is 0.235. The van der Waals surface area contributed by atoms with Crippen molar-refractivity contribution in [3.63, 3.8) is 0 Å². The molecule has 0 fully saturated rings. The highest BCUT2D eigenvalue weighted by molar-refractivity contribution is 7.12. The van der Waals surface area contributed by atoms with E-state index in [1.165, 1.54) is 0 Å². The highest BCUT2D eigenvalue weighted by atomic mass is 32.1. The van der Waals surface area contributed by atoms with Crippen LogP contribution in [0.5, 0.6) is 5.75 Å². The number of hydrogen-bond donors (Lipinski definition) is 1. The van der Waals surface area contributed by atoms with Crippen LogP contribution in [0, 0.1) is 0 Å². The molecule has 1 atom stereocenters. The summed E-state index contributed by atoms with van der Waals surface area (Å²) in [5.41, 5.74) is 1.87. The summed E-state index contributed by atoms with van der Waals surface area (Å²) in [6.45, 7) is 0.339. The summed E-state index contributed by atoms with van der Waals surface area (Å²) >= 11 is 1.58. The molecule has 2 aromatic heterocycles. The van der Waals surface area contributed by atoms with Gasteiger partial charge in [0, 0.05) is 0 Å². The molecule has 0 spiro atoms. The molecule has 0 aliphatic carbocycles. The zero-order valence-corrected chi connectivity index (χ0v) is 13.7. The quantitative estimate of drug-likeness (QED) is 0.791. The van der Waals surface area contributed by atoms with Gasteiger partial charge in [0.25, 0.3) is 5.91 Å². The molecule has 6 nitrogen and oxygen atoms in total. The van der Waals surface area contributed by atoms with E-state index in [4.69, 9.17) is 4.74 Å². The smallest absolute Gasteiger partial charge is 0.261 e. The van der Waals surface area contributed by atoms with Crippen LogP contribution < -0.4 is 10.1 Å². The number of nitrogens with zero attached hydrogens (tertiary/aromatic N) is 3. The lowest BCUT2D eigenvalue weighted by atomic mass is 10.0. The van der Waals surface area contributed by atoms with Crippen molar-refractivity contribution in [3.8, 4) is 10.8 Å². The van der Waals surface area contributed by atoms with Crippen LogP contribution in [0.25, 0.3) is 5.00 Å². The minimum Gasteiger partial charge on any atom is -0.480 e. The lowest BCUT2D eigenvalue weighted by Gasteiger charge is -2.25. The summed E-state index contributed by atoms with van der Waals surface area (Å²) in [6, 6.07) is 11.8. The summed E-state index contributed by atoms with van der Waals surface area (Å²) in [5, 5.41) is 14.0. The van der Waals surface area contributed by atoms with Gasteiger partial charge in [-0.25, -0.2) is 4.68 Å². The van der Waals surface area contributed by atoms with Crippen molar-refractivity contribution in [2.75, 3.05) is 0 Å². The van der Waals surface area contributed by atoms with Gasteiger partial charge in [0.05, 0.1) is 12.7 Å². The number of thiophene rings is 1. The number of amides is 1. The number of para-hydroxylation sites is 1. The van der Waals surface area contributed by atoms with E-state index in [0.717, 1.165) is 22.7 Å². The number of rotatable bonds is 4. The van der Waals surface area contributed by atoms with Gasteiger partial charge in [-0.2, -0.15) is 0 Å². The predicted octanol–water partition coefficient (Wildman–Crippen LogP) is 2.34. The van der Waals surface area contributed by atoms with Crippen LogP contribution in [0.3, 0.4) is 0 Å². The average molecular weight is 340 g/mol. The van der Waals surface area contributed by atoms with Gasteiger partial charge in [0.1, 0.15) is 16.4 Å². The molecule has 1 aliphatic heterocycles. The molecule has 122 valence electrons. The van der Waals surface area contributed by atoms with Gasteiger partial charge in [0.15, 0.2) is 6.10 Å². The first kappa shape index (κ1) is 14.9. The number of fused-ring (bicyclic) bond motifs is 1. The van der Waals surface area contributed by atoms with Gasteiger partial charge in [0.2, 0.25) is 0 Å². The molecule has 1 aromatic carbocycles. The molecule has 1 aliphatic rings. The highest BCUT2D eigenvalue weighted by Crippen LogP contribution is 2.27. The monoisotopic (exact) mass is 340 g/mol. The molecule has 1 N–H and O–H groups in total. The molecule has 24 heavy (non-hydrogen) atoms. The SMILES string of the molecule is O=C(NCc1cn(-c2cccs2)nn1)[C@@H]1CCc2ccccc2O1. The molecule has 4 rings (SSSR count). The molecular weight excluding hydrogens is 324 g/mol. The maximum atomic E-state index is 12.3. The normalized spacial score (nSPS) is 16.2. The van der Waals surface area contributed by atoms with Crippen molar-refractivity contribution in [2.45, 2.75) is 25.5 Å². The fourth-order valence-corrected chi connectivity index (χ4v) is 3.34. The van der Waals surface area contributed by atoms with Gasteiger partial charge in [-0.15, -0.1) is 16.4 Å². The van der Waals surface area contributed by atoms with Crippen molar-refractivity contribution >= 4 is 17.2 Å². The van der Waals surface area contributed by atoms with E-state index in [9.17, 15) is 4.79 Å². The van der Waals surface area contributed by atoms with Crippen LogP contribution in [-0.4, -0.2) is 27.0 Å². The summed E-state index contributed by atoms with van der Waals surface area (Å²) in [6.07, 6.45) is 2.91. The van der Waals surface area contributed by atoms with Crippen molar-refractivity contribution in [1.29, 1.82) is 0 Å². The Kier molecular flexibility index (Phi) is 4.00. The Morgan fingerprint density at radius 3 is 3.12 bits per heavy atom. The first-order valence-electron chi connectivity index (χ1n) is 7.77. The first-order chi connectivity index (χ1) is 11.8. The number of benzene rings is 1. The Morgan fingerprint density at radius 1 is 1.33 bits per heavy atom. The van der Waals surface area contributed by atoms with Gasteiger partial charge < -0.3 is 10.1 Å². The number of hydrogen-bond acceptors (Lipinski definition) is 5. The number of aryl methyl sites for hydroxylation is 1. The molecule has 0 unspecified atom stereocenters. The van der Waals surface area contributed by atoms with Crippen molar-refractivity contribution in [1.82, 2.24) is 20.3 Å². The third kappa shape index (κ3) is 3.03. The van der Waals surface area contributed by atoms with Crippen molar-refractivity contribution in [3.05, 3.63) is 59.2 Å². The minimum absolute atomic E-state index is 0.116. The Balaban J connectivity index is 1.36. The van der Waals surface area contributed by atoms with Crippen LogP contribution in [0.4, 0.5) is 0 Å².